The zero-order chi connectivity index (χ0) is 24.2. The second kappa shape index (κ2) is 8.19. The van der Waals surface area contributed by atoms with E-state index in [1.807, 2.05) is 17.4 Å². The summed E-state index contributed by atoms with van der Waals surface area (Å²) in [5, 5.41) is 7.81. The summed E-state index contributed by atoms with van der Waals surface area (Å²) < 4.78 is 2.69. The van der Waals surface area contributed by atoms with E-state index in [0.717, 1.165) is 0 Å². The lowest BCUT2D eigenvalue weighted by atomic mass is 9.90. The molecule has 0 fully saturated rings. The Bertz CT molecular complexity index is 1970. The molecule has 0 radical (unpaired) electrons. The largest absolute Gasteiger partial charge is 0.135 e. The molecule has 0 atom stereocenters. The van der Waals surface area contributed by atoms with Crippen LogP contribution in [0.5, 0.6) is 0 Å². The molecule has 0 aliphatic carbocycles. The third kappa shape index (κ3) is 3.13. The highest BCUT2D eigenvalue weighted by Crippen LogP contribution is 2.41. The first-order chi connectivity index (χ1) is 17.7. The SMILES string of the molecule is C=Cc1c(C)c2cc(-c3cccc(-c4cccc5c4sc4ccccc45)c3)ccc2c2ccccc12. The van der Waals surface area contributed by atoms with Crippen molar-refractivity contribution in [2.45, 2.75) is 6.92 Å². The Kier molecular flexibility index (Phi) is 4.80. The average molecular weight is 477 g/mol. The predicted molar refractivity (Wildman–Crippen MR) is 160 cm³/mol. The molecule has 7 rings (SSSR count). The Morgan fingerprint density at radius 1 is 0.556 bits per heavy atom. The number of thiophene rings is 1. The zero-order valence-electron chi connectivity index (χ0n) is 20.1. The van der Waals surface area contributed by atoms with E-state index in [0.29, 0.717) is 0 Å². The molecule has 170 valence electrons. The van der Waals surface area contributed by atoms with E-state index >= 15 is 0 Å². The topological polar surface area (TPSA) is 0 Å². The van der Waals surface area contributed by atoms with E-state index in [9.17, 15) is 0 Å². The lowest BCUT2D eigenvalue weighted by molar-refractivity contribution is 1.52. The van der Waals surface area contributed by atoms with Crippen molar-refractivity contribution in [3.63, 3.8) is 0 Å². The number of benzene rings is 6. The molecule has 0 nitrogen and oxygen atoms in total. The van der Waals surface area contributed by atoms with E-state index in [1.54, 1.807) is 0 Å². The Labute approximate surface area is 214 Å². The smallest absolute Gasteiger partial charge is 0.0433 e. The lowest BCUT2D eigenvalue weighted by Gasteiger charge is -2.14. The van der Waals surface area contributed by atoms with Crippen molar-refractivity contribution in [1.82, 2.24) is 0 Å². The maximum absolute atomic E-state index is 4.12. The van der Waals surface area contributed by atoms with Crippen molar-refractivity contribution < 1.29 is 0 Å². The van der Waals surface area contributed by atoms with Crippen LogP contribution in [0.15, 0.2) is 116 Å². The minimum absolute atomic E-state index is 1.22. The lowest BCUT2D eigenvalue weighted by Crippen LogP contribution is -1.90. The molecule has 0 bridgehead atoms. The van der Waals surface area contributed by atoms with Crippen LogP contribution in [0, 0.1) is 6.92 Å². The number of aryl methyl sites for hydroxylation is 1. The molecular weight excluding hydrogens is 452 g/mol. The molecule has 0 amide bonds. The number of rotatable bonds is 3. The van der Waals surface area contributed by atoms with Crippen LogP contribution in [-0.4, -0.2) is 0 Å². The summed E-state index contributed by atoms with van der Waals surface area (Å²) in [5.74, 6) is 0. The van der Waals surface area contributed by atoms with Gasteiger partial charge in [0, 0.05) is 20.2 Å². The van der Waals surface area contributed by atoms with E-state index in [2.05, 4.69) is 123 Å². The molecule has 1 heterocycles. The van der Waals surface area contributed by atoms with Gasteiger partial charge < -0.3 is 0 Å². The van der Waals surface area contributed by atoms with Crippen LogP contribution < -0.4 is 0 Å². The van der Waals surface area contributed by atoms with Gasteiger partial charge in [-0.2, -0.15) is 0 Å². The standard InChI is InChI=1S/C35H24S/c1-3-26-22(2)33-21-24(18-19-30(33)29-13-5-4-12-28(26)29)23-10-8-11-25(20-23)27-15-9-16-32-31-14-6-7-17-34(31)36-35(27)32/h3-21H,1H2,2H3. The van der Waals surface area contributed by atoms with Crippen LogP contribution in [0.1, 0.15) is 11.1 Å². The molecule has 0 unspecified atom stereocenters. The highest BCUT2D eigenvalue weighted by Gasteiger charge is 2.13. The van der Waals surface area contributed by atoms with Gasteiger partial charge in [0.2, 0.25) is 0 Å². The van der Waals surface area contributed by atoms with Gasteiger partial charge in [-0.25, -0.2) is 0 Å². The van der Waals surface area contributed by atoms with E-state index in [4.69, 9.17) is 0 Å². The fourth-order valence-electron chi connectivity index (χ4n) is 5.67. The van der Waals surface area contributed by atoms with Crippen molar-refractivity contribution in [2.24, 2.45) is 0 Å². The van der Waals surface area contributed by atoms with Crippen molar-refractivity contribution in [3.05, 3.63) is 127 Å². The summed E-state index contributed by atoms with van der Waals surface area (Å²) in [5.41, 5.74) is 7.54. The quantitative estimate of drug-likeness (QED) is 0.222. The predicted octanol–water partition coefficient (Wildman–Crippen LogP) is 10.6. The van der Waals surface area contributed by atoms with Crippen molar-refractivity contribution >= 4 is 59.1 Å². The summed E-state index contributed by atoms with van der Waals surface area (Å²) >= 11 is 1.88. The van der Waals surface area contributed by atoms with Gasteiger partial charge in [0.25, 0.3) is 0 Å². The highest BCUT2D eigenvalue weighted by atomic mass is 32.1. The summed E-state index contributed by atoms with van der Waals surface area (Å²) in [4.78, 5) is 0. The molecule has 0 N–H and O–H groups in total. The maximum atomic E-state index is 4.12. The summed E-state index contributed by atoms with van der Waals surface area (Å²) in [6.07, 6.45) is 2.00. The van der Waals surface area contributed by atoms with Gasteiger partial charge >= 0.3 is 0 Å². The second-order valence-corrected chi connectivity index (χ2v) is 10.5. The Morgan fingerprint density at radius 3 is 2.08 bits per heavy atom. The number of hydrogen-bond acceptors (Lipinski definition) is 1. The molecule has 1 aromatic heterocycles. The van der Waals surface area contributed by atoms with Crippen LogP contribution in [0.4, 0.5) is 0 Å². The average Bonchev–Trinajstić information content (AvgIpc) is 3.32. The first kappa shape index (κ1) is 21.1. The van der Waals surface area contributed by atoms with Crippen molar-refractivity contribution in [2.75, 3.05) is 0 Å². The molecule has 0 spiro atoms. The molecule has 0 aliphatic heterocycles. The zero-order valence-corrected chi connectivity index (χ0v) is 20.9. The Morgan fingerprint density at radius 2 is 1.22 bits per heavy atom. The number of hydrogen-bond donors (Lipinski definition) is 0. The number of fused-ring (bicyclic) bond motifs is 6. The molecule has 7 aromatic rings. The summed E-state index contributed by atoms with van der Waals surface area (Å²) in [7, 11) is 0. The monoisotopic (exact) mass is 476 g/mol. The molecule has 0 saturated carbocycles. The fourth-order valence-corrected chi connectivity index (χ4v) is 6.91. The third-order valence-electron chi connectivity index (χ3n) is 7.45. The molecule has 1 heteroatoms. The maximum Gasteiger partial charge on any atom is 0.0433 e. The van der Waals surface area contributed by atoms with Crippen LogP contribution >= 0.6 is 11.3 Å². The molecular formula is C35H24S. The first-order valence-corrected chi connectivity index (χ1v) is 13.1. The van der Waals surface area contributed by atoms with Crippen LogP contribution in [0.3, 0.4) is 0 Å². The van der Waals surface area contributed by atoms with E-state index in [-0.39, 0.29) is 0 Å². The molecule has 0 saturated heterocycles. The van der Waals surface area contributed by atoms with Gasteiger partial charge in [-0.3, -0.25) is 0 Å². The normalized spacial score (nSPS) is 11.6. The van der Waals surface area contributed by atoms with Crippen LogP contribution in [-0.2, 0) is 0 Å². The minimum Gasteiger partial charge on any atom is -0.135 e. The third-order valence-corrected chi connectivity index (χ3v) is 8.67. The van der Waals surface area contributed by atoms with Gasteiger partial charge in [-0.1, -0.05) is 104 Å². The molecule has 6 aromatic carbocycles. The molecule has 0 aliphatic rings. The Hall–Kier alpha value is -4.20. The minimum atomic E-state index is 1.22. The Balaban J connectivity index is 1.42. The van der Waals surface area contributed by atoms with Crippen LogP contribution in [0.25, 0.3) is 70.0 Å². The van der Waals surface area contributed by atoms with Gasteiger partial charge in [0.1, 0.15) is 0 Å². The highest BCUT2D eigenvalue weighted by molar-refractivity contribution is 7.26. The van der Waals surface area contributed by atoms with Gasteiger partial charge in [0.05, 0.1) is 0 Å². The fraction of sp³-hybridized carbons (Fsp3) is 0.0286. The van der Waals surface area contributed by atoms with E-state index in [1.165, 1.54) is 75.1 Å². The van der Waals surface area contributed by atoms with Crippen molar-refractivity contribution in [3.8, 4) is 22.3 Å². The summed E-state index contributed by atoms with van der Waals surface area (Å²) in [6, 6.07) is 39.9. The van der Waals surface area contributed by atoms with Gasteiger partial charge in [-0.05, 0) is 80.0 Å². The van der Waals surface area contributed by atoms with Gasteiger partial charge in [-0.15, -0.1) is 11.3 Å². The van der Waals surface area contributed by atoms with Crippen molar-refractivity contribution in [1.29, 1.82) is 0 Å². The van der Waals surface area contributed by atoms with Crippen LogP contribution in [0.2, 0.25) is 0 Å². The van der Waals surface area contributed by atoms with Gasteiger partial charge in [0.15, 0.2) is 0 Å². The van der Waals surface area contributed by atoms with E-state index < -0.39 is 0 Å². The molecule has 36 heavy (non-hydrogen) atoms. The summed E-state index contributed by atoms with van der Waals surface area (Å²) in [6.45, 7) is 6.33. The second-order valence-electron chi connectivity index (χ2n) is 9.41. The first-order valence-electron chi connectivity index (χ1n) is 12.3.